The van der Waals surface area contributed by atoms with Crippen LogP contribution in [0.25, 0.3) is 0 Å². The molecule has 6 nitrogen and oxygen atoms in total. The van der Waals surface area contributed by atoms with Crippen molar-refractivity contribution in [2.24, 2.45) is 0 Å². The van der Waals surface area contributed by atoms with Crippen molar-refractivity contribution in [3.63, 3.8) is 0 Å². The van der Waals surface area contributed by atoms with Crippen molar-refractivity contribution >= 4 is 0 Å². The van der Waals surface area contributed by atoms with E-state index < -0.39 is 6.10 Å². The third-order valence-electron chi connectivity index (χ3n) is 5.29. The Bertz CT molecular complexity index is 535. The summed E-state index contributed by atoms with van der Waals surface area (Å²) in [5.74, 6) is 1.63. The Labute approximate surface area is 163 Å². The van der Waals surface area contributed by atoms with Crippen LogP contribution in [0.2, 0.25) is 0 Å². The molecule has 2 N–H and O–H groups in total. The predicted octanol–water partition coefficient (Wildman–Crippen LogP) is 2.60. The van der Waals surface area contributed by atoms with Gasteiger partial charge in [-0.25, -0.2) is 0 Å². The van der Waals surface area contributed by atoms with Crippen LogP contribution in [0.3, 0.4) is 0 Å². The number of ether oxygens (including phenoxy) is 3. The zero-order valence-corrected chi connectivity index (χ0v) is 17.1. The molecule has 6 heteroatoms. The highest BCUT2D eigenvalue weighted by Gasteiger charge is 2.28. The molecule has 0 radical (unpaired) electrons. The highest BCUT2D eigenvalue weighted by atomic mass is 16.5. The molecule has 2 rings (SSSR count). The maximum absolute atomic E-state index is 9.45. The Hall–Kier alpha value is -1.34. The number of methoxy groups -OCH3 is 2. The minimum atomic E-state index is -0.780. The van der Waals surface area contributed by atoms with Crippen LogP contribution in [0.1, 0.15) is 45.1 Å². The number of hydrogen-bond acceptors (Lipinski definition) is 6. The van der Waals surface area contributed by atoms with E-state index in [0.717, 1.165) is 43.7 Å². The molecule has 1 aliphatic carbocycles. The van der Waals surface area contributed by atoms with Crippen molar-refractivity contribution < 1.29 is 24.4 Å². The Morgan fingerprint density at radius 1 is 1.04 bits per heavy atom. The first-order valence-electron chi connectivity index (χ1n) is 9.85. The summed E-state index contributed by atoms with van der Waals surface area (Å²) in [5.41, 5.74) is 1.18. The van der Waals surface area contributed by atoms with Gasteiger partial charge in [-0.15, -0.1) is 0 Å². The molecular weight excluding hydrogens is 346 g/mol. The average Bonchev–Trinajstić information content (AvgIpc) is 2.70. The number of benzene rings is 1. The van der Waals surface area contributed by atoms with Gasteiger partial charge in [0.25, 0.3) is 0 Å². The quantitative estimate of drug-likeness (QED) is 0.649. The molecule has 1 aliphatic rings. The van der Waals surface area contributed by atoms with E-state index in [0.29, 0.717) is 12.1 Å². The van der Waals surface area contributed by atoms with Gasteiger partial charge in [0.15, 0.2) is 0 Å². The predicted molar refractivity (Wildman–Crippen MR) is 105 cm³/mol. The van der Waals surface area contributed by atoms with Crippen molar-refractivity contribution in [1.29, 1.82) is 0 Å². The number of rotatable bonds is 10. The first kappa shape index (κ1) is 22.0. The highest BCUT2D eigenvalue weighted by Crippen LogP contribution is 2.30. The van der Waals surface area contributed by atoms with Gasteiger partial charge in [-0.3, -0.25) is 4.90 Å². The van der Waals surface area contributed by atoms with Gasteiger partial charge in [0.1, 0.15) is 17.6 Å². The van der Waals surface area contributed by atoms with E-state index in [1.54, 1.807) is 14.2 Å². The van der Waals surface area contributed by atoms with Gasteiger partial charge < -0.3 is 24.4 Å². The summed E-state index contributed by atoms with van der Waals surface area (Å²) in [7, 11) is 3.35. The molecule has 0 aromatic heterocycles. The smallest absolute Gasteiger partial charge is 0.122 e. The molecule has 1 unspecified atom stereocenters. The molecule has 27 heavy (non-hydrogen) atoms. The molecule has 0 aliphatic heterocycles. The Kier molecular flexibility index (Phi) is 8.83. The van der Waals surface area contributed by atoms with Gasteiger partial charge in [-0.1, -0.05) is 0 Å². The van der Waals surface area contributed by atoms with Crippen LogP contribution >= 0.6 is 0 Å². The van der Waals surface area contributed by atoms with E-state index in [4.69, 9.17) is 19.3 Å². The summed E-state index contributed by atoms with van der Waals surface area (Å²) in [6, 6.07) is 6.98. The number of hydrogen-bond donors (Lipinski definition) is 2. The van der Waals surface area contributed by atoms with Crippen LogP contribution in [0.4, 0.5) is 0 Å². The maximum Gasteiger partial charge on any atom is 0.122 e. The topological polar surface area (TPSA) is 71.4 Å². The molecule has 1 saturated carbocycles. The molecule has 0 saturated heterocycles. The molecule has 0 spiro atoms. The normalized spacial score (nSPS) is 21.5. The molecule has 154 valence electrons. The first-order chi connectivity index (χ1) is 13.0. The Morgan fingerprint density at radius 2 is 1.63 bits per heavy atom. The molecule has 1 atom stereocenters. The molecule has 0 amide bonds. The average molecular weight is 382 g/mol. The van der Waals surface area contributed by atoms with Gasteiger partial charge in [0.2, 0.25) is 0 Å². The van der Waals surface area contributed by atoms with Crippen LogP contribution in [0, 0.1) is 0 Å². The molecule has 0 bridgehead atoms. The zero-order valence-electron chi connectivity index (χ0n) is 17.1. The van der Waals surface area contributed by atoms with Gasteiger partial charge in [-0.2, -0.15) is 0 Å². The van der Waals surface area contributed by atoms with Gasteiger partial charge in [-0.05, 0) is 57.2 Å². The largest absolute Gasteiger partial charge is 0.497 e. The van der Waals surface area contributed by atoms with Crippen LogP contribution < -0.4 is 9.47 Å². The molecular formula is C21H35NO5. The summed E-state index contributed by atoms with van der Waals surface area (Å²) >= 11 is 0. The van der Waals surface area contributed by atoms with Gasteiger partial charge >= 0.3 is 0 Å². The SMILES string of the molecule is COc1cc(CN(C(C)C)[C@H]2CC[C@H](OCC(O)CO)CC2)cc(OC)c1. The lowest BCUT2D eigenvalue weighted by molar-refractivity contribution is -0.0497. The van der Waals surface area contributed by atoms with E-state index in [1.807, 2.05) is 6.07 Å². The summed E-state index contributed by atoms with van der Waals surface area (Å²) in [6.07, 6.45) is 3.49. The van der Waals surface area contributed by atoms with Crippen LogP contribution in [0.15, 0.2) is 18.2 Å². The second-order valence-corrected chi connectivity index (χ2v) is 7.59. The lowest BCUT2D eigenvalue weighted by atomic mass is 9.90. The minimum absolute atomic E-state index is 0.174. The highest BCUT2D eigenvalue weighted by molar-refractivity contribution is 5.38. The van der Waals surface area contributed by atoms with Crippen molar-refractivity contribution in [2.75, 3.05) is 27.4 Å². The second kappa shape index (κ2) is 10.9. The molecule has 1 fully saturated rings. The van der Waals surface area contributed by atoms with E-state index in [-0.39, 0.29) is 19.3 Å². The van der Waals surface area contributed by atoms with Crippen molar-refractivity contribution in [3.8, 4) is 11.5 Å². The van der Waals surface area contributed by atoms with E-state index in [2.05, 4.69) is 30.9 Å². The summed E-state index contributed by atoms with van der Waals surface area (Å²) in [5, 5.41) is 18.3. The minimum Gasteiger partial charge on any atom is -0.497 e. The number of nitrogens with zero attached hydrogens (tertiary/aromatic N) is 1. The van der Waals surface area contributed by atoms with Crippen molar-refractivity contribution in [1.82, 2.24) is 4.90 Å². The van der Waals surface area contributed by atoms with Crippen molar-refractivity contribution in [2.45, 2.75) is 70.4 Å². The lowest BCUT2D eigenvalue weighted by Gasteiger charge is -2.39. The third-order valence-corrected chi connectivity index (χ3v) is 5.29. The van der Waals surface area contributed by atoms with E-state index in [1.165, 1.54) is 5.56 Å². The summed E-state index contributed by atoms with van der Waals surface area (Å²) in [6.45, 7) is 5.28. The zero-order chi connectivity index (χ0) is 19.8. The van der Waals surface area contributed by atoms with Gasteiger partial charge in [0.05, 0.1) is 33.5 Å². The Balaban J connectivity index is 1.96. The summed E-state index contributed by atoms with van der Waals surface area (Å²) < 4.78 is 16.5. The monoisotopic (exact) mass is 381 g/mol. The van der Waals surface area contributed by atoms with Crippen LogP contribution in [0.5, 0.6) is 11.5 Å². The number of aliphatic hydroxyl groups is 2. The van der Waals surface area contributed by atoms with E-state index >= 15 is 0 Å². The Morgan fingerprint density at radius 3 is 2.11 bits per heavy atom. The fourth-order valence-electron chi connectivity index (χ4n) is 3.75. The second-order valence-electron chi connectivity index (χ2n) is 7.59. The summed E-state index contributed by atoms with van der Waals surface area (Å²) in [4.78, 5) is 2.53. The fourth-order valence-corrected chi connectivity index (χ4v) is 3.75. The fraction of sp³-hybridized carbons (Fsp3) is 0.714. The van der Waals surface area contributed by atoms with E-state index in [9.17, 15) is 5.11 Å². The van der Waals surface area contributed by atoms with Crippen LogP contribution in [-0.4, -0.2) is 66.8 Å². The van der Waals surface area contributed by atoms with Crippen LogP contribution in [-0.2, 0) is 11.3 Å². The first-order valence-corrected chi connectivity index (χ1v) is 9.85. The van der Waals surface area contributed by atoms with Crippen molar-refractivity contribution in [3.05, 3.63) is 23.8 Å². The number of aliphatic hydroxyl groups excluding tert-OH is 2. The molecule has 1 aromatic rings. The molecule has 0 heterocycles. The standard InChI is InChI=1S/C21H35NO5/c1-15(2)22(12-16-9-20(25-3)11-21(10-16)26-4)17-5-7-19(8-6-17)27-14-18(24)13-23/h9-11,15,17-19,23-24H,5-8,12-14H2,1-4H3/t17-,18?,19-. The molecule has 1 aromatic carbocycles. The maximum atomic E-state index is 9.45. The van der Waals surface area contributed by atoms with Gasteiger partial charge in [0, 0.05) is 24.7 Å². The third kappa shape index (κ3) is 6.64. The lowest BCUT2D eigenvalue weighted by Crippen LogP contribution is -2.43.